The molecule has 5 nitrogen and oxygen atoms in total. The fraction of sp³-hybridized carbons (Fsp3) is 0.667. The van der Waals surface area contributed by atoms with Gasteiger partial charge in [-0.1, -0.05) is 0 Å². The van der Waals surface area contributed by atoms with Gasteiger partial charge in [-0.25, -0.2) is 0 Å². The summed E-state index contributed by atoms with van der Waals surface area (Å²) in [5, 5.41) is 0.104. The number of aromatic nitrogens is 3. The van der Waals surface area contributed by atoms with Gasteiger partial charge < -0.3 is 4.74 Å². The van der Waals surface area contributed by atoms with Crippen LogP contribution in [0.1, 0.15) is 12.8 Å². The van der Waals surface area contributed by atoms with Gasteiger partial charge in [-0.15, -0.1) is 0 Å². The third-order valence-electron chi connectivity index (χ3n) is 2.40. The van der Waals surface area contributed by atoms with Gasteiger partial charge >= 0.3 is 6.01 Å². The third kappa shape index (κ3) is 3.43. The van der Waals surface area contributed by atoms with Crippen molar-refractivity contribution in [3.8, 4) is 6.01 Å². The Bertz CT molecular complexity index is 337. The number of halogens is 2. The highest BCUT2D eigenvalue weighted by molar-refractivity contribution is 6.31. The molecule has 1 aromatic heterocycles. The van der Waals surface area contributed by atoms with Gasteiger partial charge in [0.15, 0.2) is 0 Å². The fourth-order valence-corrected chi connectivity index (χ4v) is 1.99. The van der Waals surface area contributed by atoms with E-state index in [1.807, 2.05) is 0 Å². The molecule has 88 valence electrons. The maximum atomic E-state index is 5.62. The van der Waals surface area contributed by atoms with Gasteiger partial charge in [-0.05, 0) is 49.1 Å². The van der Waals surface area contributed by atoms with Crippen molar-refractivity contribution in [2.75, 3.05) is 26.2 Å². The lowest BCUT2D eigenvalue weighted by Crippen LogP contribution is -2.25. The summed E-state index contributed by atoms with van der Waals surface area (Å²) in [6.07, 6.45) is 2.53. The molecule has 0 unspecified atom stereocenters. The Morgan fingerprint density at radius 1 is 1.06 bits per heavy atom. The van der Waals surface area contributed by atoms with Gasteiger partial charge in [0.1, 0.15) is 6.61 Å². The molecule has 2 rings (SSSR count). The zero-order valence-corrected chi connectivity index (χ0v) is 10.2. The van der Waals surface area contributed by atoms with Gasteiger partial charge in [0, 0.05) is 6.54 Å². The number of hydrogen-bond acceptors (Lipinski definition) is 5. The van der Waals surface area contributed by atoms with Gasteiger partial charge in [0.2, 0.25) is 10.6 Å². The summed E-state index contributed by atoms with van der Waals surface area (Å²) in [4.78, 5) is 13.6. The molecule has 0 radical (unpaired) electrons. The number of ether oxygens (including phenoxy) is 1. The average molecular weight is 263 g/mol. The Hall–Kier alpha value is -0.650. The van der Waals surface area contributed by atoms with Crippen molar-refractivity contribution in [3.63, 3.8) is 0 Å². The first-order valence-electron chi connectivity index (χ1n) is 5.16. The molecule has 0 bridgehead atoms. The maximum absolute atomic E-state index is 5.62. The minimum absolute atomic E-state index is 0.0520. The summed E-state index contributed by atoms with van der Waals surface area (Å²) in [7, 11) is 0. The van der Waals surface area contributed by atoms with Crippen LogP contribution in [-0.4, -0.2) is 46.1 Å². The highest BCUT2D eigenvalue weighted by atomic mass is 35.5. The Morgan fingerprint density at radius 3 is 2.31 bits per heavy atom. The first-order valence-corrected chi connectivity index (χ1v) is 5.92. The minimum Gasteiger partial charge on any atom is -0.462 e. The predicted octanol–water partition coefficient (Wildman–Crippen LogP) is 1.65. The lowest BCUT2D eigenvalue weighted by Gasteiger charge is -2.13. The van der Waals surface area contributed by atoms with Crippen molar-refractivity contribution < 1.29 is 4.74 Å². The van der Waals surface area contributed by atoms with E-state index >= 15 is 0 Å². The highest BCUT2D eigenvalue weighted by Gasteiger charge is 2.11. The number of hydrogen-bond donors (Lipinski definition) is 0. The monoisotopic (exact) mass is 262 g/mol. The molecule has 0 amide bonds. The molecule has 1 fully saturated rings. The van der Waals surface area contributed by atoms with E-state index in [0.717, 1.165) is 19.6 Å². The van der Waals surface area contributed by atoms with Crippen LogP contribution < -0.4 is 4.74 Å². The van der Waals surface area contributed by atoms with Crippen molar-refractivity contribution in [2.45, 2.75) is 12.8 Å². The molecular formula is C9H12Cl2N4O. The predicted molar refractivity (Wildman–Crippen MR) is 61.0 cm³/mol. The largest absolute Gasteiger partial charge is 0.462 e. The number of nitrogens with zero attached hydrogens (tertiary/aromatic N) is 4. The Labute approximate surface area is 104 Å². The molecule has 0 aromatic carbocycles. The molecule has 1 aliphatic rings. The molecule has 7 heteroatoms. The second-order valence-corrected chi connectivity index (χ2v) is 4.23. The lowest BCUT2D eigenvalue weighted by atomic mass is 10.4. The SMILES string of the molecule is Clc1nc(Cl)nc(OCCN2CCCC2)n1. The minimum atomic E-state index is 0.0520. The molecule has 1 saturated heterocycles. The molecule has 0 atom stereocenters. The molecular weight excluding hydrogens is 251 g/mol. The average Bonchev–Trinajstić information content (AvgIpc) is 2.69. The first kappa shape index (κ1) is 11.8. The van der Waals surface area contributed by atoms with Crippen molar-refractivity contribution in [1.82, 2.24) is 19.9 Å². The molecule has 1 aromatic rings. The summed E-state index contributed by atoms with van der Waals surface area (Å²) < 4.78 is 5.36. The summed E-state index contributed by atoms with van der Waals surface area (Å²) >= 11 is 11.2. The summed E-state index contributed by atoms with van der Waals surface area (Å²) in [5.74, 6) is 0. The van der Waals surface area contributed by atoms with Crippen LogP contribution in [0.3, 0.4) is 0 Å². The second kappa shape index (κ2) is 5.61. The molecule has 0 spiro atoms. The molecule has 16 heavy (non-hydrogen) atoms. The van der Waals surface area contributed by atoms with Crippen LogP contribution in [0.15, 0.2) is 0 Å². The standard InChI is InChI=1S/C9H12Cl2N4O/c10-7-12-8(11)14-9(13-7)16-6-5-15-3-1-2-4-15/h1-6H2. The Kier molecular flexibility index (Phi) is 4.15. The van der Waals surface area contributed by atoms with Crippen molar-refractivity contribution in [2.24, 2.45) is 0 Å². The van der Waals surface area contributed by atoms with Crippen LogP contribution >= 0.6 is 23.2 Å². The topological polar surface area (TPSA) is 51.1 Å². The van der Waals surface area contributed by atoms with Crippen molar-refractivity contribution in [1.29, 1.82) is 0 Å². The molecule has 0 saturated carbocycles. The van der Waals surface area contributed by atoms with Crippen LogP contribution in [0.25, 0.3) is 0 Å². The maximum Gasteiger partial charge on any atom is 0.322 e. The van der Waals surface area contributed by atoms with Crippen LogP contribution in [0.4, 0.5) is 0 Å². The van der Waals surface area contributed by atoms with Crippen molar-refractivity contribution >= 4 is 23.2 Å². The van der Waals surface area contributed by atoms with E-state index in [-0.39, 0.29) is 16.6 Å². The van der Waals surface area contributed by atoms with E-state index in [1.54, 1.807) is 0 Å². The van der Waals surface area contributed by atoms with Crippen LogP contribution in [0, 0.1) is 0 Å². The summed E-state index contributed by atoms with van der Waals surface area (Å²) in [6.45, 7) is 3.70. The summed E-state index contributed by atoms with van der Waals surface area (Å²) in [6, 6.07) is 0.184. The molecule has 0 N–H and O–H groups in total. The normalized spacial score (nSPS) is 16.6. The van der Waals surface area contributed by atoms with E-state index in [0.29, 0.717) is 6.61 Å². The Morgan fingerprint density at radius 2 is 1.69 bits per heavy atom. The smallest absolute Gasteiger partial charge is 0.322 e. The zero-order chi connectivity index (χ0) is 11.4. The number of rotatable bonds is 4. The van der Waals surface area contributed by atoms with Gasteiger partial charge in [-0.3, -0.25) is 4.90 Å². The van der Waals surface area contributed by atoms with Crippen LogP contribution in [0.5, 0.6) is 6.01 Å². The van der Waals surface area contributed by atoms with Crippen LogP contribution in [0.2, 0.25) is 10.6 Å². The summed E-state index contributed by atoms with van der Waals surface area (Å²) in [5.41, 5.74) is 0. The third-order valence-corrected chi connectivity index (χ3v) is 2.74. The molecule has 2 heterocycles. The van der Waals surface area contributed by atoms with E-state index in [1.165, 1.54) is 12.8 Å². The molecule has 0 aliphatic carbocycles. The fourth-order valence-electron chi connectivity index (χ4n) is 1.65. The van der Waals surface area contributed by atoms with E-state index in [4.69, 9.17) is 27.9 Å². The number of likely N-dealkylation sites (tertiary alicyclic amines) is 1. The highest BCUT2D eigenvalue weighted by Crippen LogP contribution is 2.11. The van der Waals surface area contributed by atoms with E-state index in [2.05, 4.69) is 19.9 Å². The van der Waals surface area contributed by atoms with Gasteiger partial charge in [0.05, 0.1) is 0 Å². The van der Waals surface area contributed by atoms with E-state index in [9.17, 15) is 0 Å². The Balaban J connectivity index is 1.80. The van der Waals surface area contributed by atoms with Gasteiger partial charge in [-0.2, -0.15) is 15.0 Å². The van der Waals surface area contributed by atoms with Crippen LogP contribution in [-0.2, 0) is 0 Å². The van der Waals surface area contributed by atoms with Gasteiger partial charge in [0.25, 0.3) is 0 Å². The first-order chi connectivity index (χ1) is 7.74. The lowest BCUT2D eigenvalue weighted by molar-refractivity contribution is 0.225. The second-order valence-electron chi connectivity index (χ2n) is 3.55. The van der Waals surface area contributed by atoms with E-state index < -0.39 is 0 Å². The quantitative estimate of drug-likeness (QED) is 0.826. The molecule has 1 aliphatic heterocycles. The zero-order valence-electron chi connectivity index (χ0n) is 8.70. The van der Waals surface area contributed by atoms with Crippen molar-refractivity contribution in [3.05, 3.63) is 10.6 Å².